The summed E-state index contributed by atoms with van der Waals surface area (Å²) in [5.74, 6) is 3.09. The van der Waals surface area contributed by atoms with E-state index in [0.29, 0.717) is 21.5 Å². The van der Waals surface area contributed by atoms with Crippen LogP contribution >= 0.6 is 34.7 Å². The van der Waals surface area contributed by atoms with Gasteiger partial charge >= 0.3 is 0 Å². The normalized spacial score (nSPS) is 20.3. The fourth-order valence-electron chi connectivity index (χ4n) is 3.64. The molecule has 1 fully saturated rings. The van der Waals surface area contributed by atoms with Gasteiger partial charge in [-0.25, -0.2) is 30.1 Å². The number of rotatable bonds is 8. The molecule has 0 bridgehead atoms. The molecule has 1 aromatic carbocycles. The molecule has 2 unspecified atom stereocenters. The van der Waals surface area contributed by atoms with E-state index in [1.54, 1.807) is 17.6 Å². The van der Waals surface area contributed by atoms with Crippen LogP contribution in [0.5, 0.6) is 5.75 Å². The van der Waals surface area contributed by atoms with Crippen LogP contribution in [0.4, 0.5) is 8.78 Å². The number of nitrogens with zero attached hydrogens (tertiary/aromatic N) is 4. The Morgan fingerprint density at radius 3 is 2.85 bits per heavy atom. The molecule has 1 aliphatic heterocycles. The van der Waals surface area contributed by atoms with Crippen LogP contribution in [0.3, 0.4) is 0 Å². The number of hydrogen-bond donors (Lipinski definition) is 4. The molecule has 1 aliphatic rings. The van der Waals surface area contributed by atoms with Gasteiger partial charge in [0.05, 0.1) is 36.6 Å². The quantitative estimate of drug-likeness (QED) is 0.218. The molecule has 3 aromatic rings. The number of hydrazine groups is 1. The van der Waals surface area contributed by atoms with Crippen molar-refractivity contribution in [3.63, 3.8) is 0 Å². The number of thioether (sulfide) groups is 1. The van der Waals surface area contributed by atoms with E-state index >= 15 is 0 Å². The molecule has 0 amide bonds. The summed E-state index contributed by atoms with van der Waals surface area (Å²) < 4.78 is 40.4. The molecule has 16 heteroatoms. The zero-order chi connectivity index (χ0) is 28.6. The van der Waals surface area contributed by atoms with Crippen molar-refractivity contribution in [3.8, 4) is 11.8 Å². The Bertz CT molecular complexity index is 1360. The Kier molecular flexibility index (Phi) is 10.5. The van der Waals surface area contributed by atoms with Crippen molar-refractivity contribution in [2.45, 2.75) is 29.1 Å². The minimum absolute atomic E-state index is 0.0273. The molecule has 4 rings (SSSR count). The van der Waals surface area contributed by atoms with Crippen molar-refractivity contribution >= 4 is 40.4 Å². The van der Waals surface area contributed by atoms with E-state index in [9.17, 15) is 19.1 Å². The molecule has 2 aromatic heterocycles. The van der Waals surface area contributed by atoms with E-state index < -0.39 is 35.0 Å². The summed E-state index contributed by atoms with van der Waals surface area (Å²) in [7, 11) is 0. The first-order chi connectivity index (χ1) is 19.3. The molecule has 3 heterocycles. The molecule has 11 nitrogen and oxygen atoms in total. The predicted octanol–water partition coefficient (Wildman–Crippen LogP) is 3.10. The number of phenolic OH excluding ortho intramolecular Hbond substituents is 1. The Morgan fingerprint density at radius 2 is 2.15 bits per heavy atom. The number of nitrogens with two attached hydrogens (primary N) is 2. The minimum atomic E-state index is -1.14. The number of phenols is 1. The number of halogens is 3. The maximum Gasteiger partial charge on any atom is 0.187 e. The Balaban J connectivity index is 1.71. The van der Waals surface area contributed by atoms with Gasteiger partial charge in [0, 0.05) is 35.4 Å². The smallest absolute Gasteiger partial charge is 0.187 e. The summed E-state index contributed by atoms with van der Waals surface area (Å²) in [5, 5.41) is 23.0. The van der Waals surface area contributed by atoms with Crippen LogP contribution in [0.2, 0.25) is 5.02 Å². The van der Waals surface area contributed by atoms with Gasteiger partial charge in [-0.2, -0.15) is 5.26 Å². The number of pyridine rings is 1. The maximum atomic E-state index is 14.0. The molecule has 0 radical (unpaired) electrons. The largest absolute Gasteiger partial charge is 0.503 e. The van der Waals surface area contributed by atoms with Gasteiger partial charge in [0.1, 0.15) is 22.6 Å². The number of nitrogens with one attached hydrogen (secondary N) is 1. The van der Waals surface area contributed by atoms with E-state index in [0.717, 1.165) is 23.9 Å². The summed E-state index contributed by atoms with van der Waals surface area (Å²) in [6.45, 7) is 0.164. The van der Waals surface area contributed by atoms with Crippen molar-refractivity contribution in [1.29, 1.82) is 5.26 Å². The molecule has 40 heavy (non-hydrogen) atoms. The highest BCUT2D eigenvalue weighted by Gasteiger charge is 2.37. The zero-order valence-electron chi connectivity index (χ0n) is 20.7. The fourth-order valence-corrected chi connectivity index (χ4v) is 5.64. The lowest BCUT2D eigenvalue weighted by Crippen LogP contribution is -2.53. The van der Waals surface area contributed by atoms with E-state index in [1.165, 1.54) is 28.7 Å². The maximum absolute atomic E-state index is 14.0. The predicted molar refractivity (Wildman–Crippen MR) is 144 cm³/mol. The summed E-state index contributed by atoms with van der Waals surface area (Å²) in [6, 6.07) is 4.72. The molecular weight excluding hydrogens is 588 g/mol. The van der Waals surface area contributed by atoms with Crippen molar-refractivity contribution in [2.24, 2.45) is 11.6 Å². The molecule has 6 N–H and O–H groups in total. The van der Waals surface area contributed by atoms with Crippen molar-refractivity contribution in [1.82, 2.24) is 20.5 Å². The van der Waals surface area contributed by atoms with E-state index in [1.807, 2.05) is 6.07 Å². The van der Waals surface area contributed by atoms with Crippen LogP contribution in [-0.2, 0) is 20.9 Å². The lowest BCUT2D eigenvalue weighted by Gasteiger charge is -2.36. The topological polar surface area (TPSA) is 165 Å². The second kappa shape index (κ2) is 14.0. The standard InChI is InChI=1S/C24H24ClF2N7O4S2/c25-14-7-20(18(8-28)32-9-14)40-24-22(37-11-13-5-15(26)21(35)16(27)6-13)19(12-38-33-1-3-36-24)34(30)10-17(29)23-31-2-4-39-23/h2,4-7,9-10,19,22,24,33,35H,1,3,11-12,29-30H2/b17-10-/t19-,22?,24?/m1/s1. The average Bonchev–Trinajstić information content (AvgIpc) is 3.49. The van der Waals surface area contributed by atoms with Crippen LogP contribution in [0.15, 0.2) is 47.1 Å². The number of nitriles is 1. The number of ether oxygens (including phenoxy) is 2. The van der Waals surface area contributed by atoms with Crippen LogP contribution in [0.25, 0.3) is 5.70 Å². The lowest BCUT2D eigenvalue weighted by atomic mass is 10.1. The number of aromatic hydroxyl groups is 1. The van der Waals surface area contributed by atoms with Crippen LogP contribution in [-0.4, -0.2) is 57.4 Å². The number of aromatic nitrogens is 2. The van der Waals surface area contributed by atoms with Gasteiger partial charge in [0.2, 0.25) is 0 Å². The van der Waals surface area contributed by atoms with Crippen molar-refractivity contribution in [2.75, 3.05) is 19.8 Å². The number of benzene rings is 1. The van der Waals surface area contributed by atoms with E-state index in [2.05, 4.69) is 15.4 Å². The highest BCUT2D eigenvalue weighted by molar-refractivity contribution is 7.99. The first-order valence-corrected chi connectivity index (χ1v) is 13.8. The van der Waals surface area contributed by atoms with E-state index in [-0.39, 0.29) is 36.8 Å². The third-order valence-corrected chi connectivity index (χ3v) is 7.76. The lowest BCUT2D eigenvalue weighted by molar-refractivity contribution is -0.0861. The van der Waals surface area contributed by atoms with Crippen molar-refractivity contribution in [3.05, 3.63) is 75.1 Å². The molecule has 1 saturated heterocycles. The van der Waals surface area contributed by atoms with Crippen LogP contribution in [0, 0.1) is 23.0 Å². The van der Waals surface area contributed by atoms with E-state index in [4.69, 9.17) is 37.5 Å². The first-order valence-electron chi connectivity index (χ1n) is 11.6. The Morgan fingerprint density at radius 1 is 1.38 bits per heavy atom. The number of hydroxylamine groups is 1. The van der Waals surface area contributed by atoms with Gasteiger partial charge in [0.25, 0.3) is 0 Å². The molecule has 0 spiro atoms. The second-order valence-corrected chi connectivity index (χ2v) is 10.8. The Hall–Kier alpha value is -3.07. The fraction of sp³-hybridized carbons (Fsp3) is 0.292. The molecule has 0 aliphatic carbocycles. The molecule has 212 valence electrons. The summed E-state index contributed by atoms with van der Waals surface area (Å²) in [6.07, 6.45) is 3.47. The van der Waals surface area contributed by atoms with Crippen molar-refractivity contribution < 1.29 is 28.2 Å². The SMILES string of the molecule is N#Cc1ncc(Cl)cc1SC1OCCNOC[C@@H](N(N)/C=C(\N)c2nccs2)C1OCc1cc(F)c(O)c(F)c1. The third kappa shape index (κ3) is 7.56. The summed E-state index contributed by atoms with van der Waals surface area (Å²) in [4.78, 5) is 14.3. The van der Waals surface area contributed by atoms with Gasteiger partial charge in [-0.05, 0) is 23.8 Å². The highest BCUT2D eigenvalue weighted by Crippen LogP contribution is 2.34. The zero-order valence-corrected chi connectivity index (χ0v) is 23.1. The Labute approximate surface area is 241 Å². The molecule has 0 saturated carbocycles. The van der Waals surface area contributed by atoms with Crippen LogP contribution < -0.4 is 17.1 Å². The van der Waals surface area contributed by atoms with Crippen LogP contribution in [0.1, 0.15) is 16.3 Å². The monoisotopic (exact) mass is 611 g/mol. The van der Waals surface area contributed by atoms with Gasteiger partial charge in [-0.1, -0.05) is 23.4 Å². The second-order valence-electron chi connectivity index (χ2n) is 8.29. The summed E-state index contributed by atoms with van der Waals surface area (Å²) in [5.41, 5.74) is 8.65. The number of hydrogen-bond acceptors (Lipinski definition) is 13. The van der Waals surface area contributed by atoms with Gasteiger partial charge in [0.15, 0.2) is 23.1 Å². The first kappa shape index (κ1) is 29.9. The highest BCUT2D eigenvalue weighted by atomic mass is 35.5. The van der Waals surface area contributed by atoms with Gasteiger partial charge < -0.3 is 25.3 Å². The average molecular weight is 612 g/mol. The third-order valence-electron chi connectivity index (χ3n) is 5.53. The number of thiazole rings is 1. The minimum Gasteiger partial charge on any atom is -0.503 e. The van der Waals surface area contributed by atoms with Gasteiger partial charge in [-0.3, -0.25) is 4.84 Å². The molecule has 3 atom stereocenters. The van der Waals surface area contributed by atoms with Gasteiger partial charge in [-0.15, -0.1) is 11.3 Å². The molecular formula is C24H24ClF2N7O4S2. The summed E-state index contributed by atoms with van der Waals surface area (Å²) >= 11 is 8.59.